The highest BCUT2D eigenvalue weighted by atomic mass is 32.2. The Balaban J connectivity index is 1.51. The van der Waals surface area contributed by atoms with E-state index in [4.69, 9.17) is 0 Å². The van der Waals surface area contributed by atoms with Crippen LogP contribution in [0.15, 0.2) is 47.4 Å². The average Bonchev–Trinajstić information content (AvgIpc) is 2.96. The van der Waals surface area contributed by atoms with Gasteiger partial charge in [-0.2, -0.15) is 4.31 Å². The van der Waals surface area contributed by atoms with Crippen LogP contribution in [0.3, 0.4) is 0 Å². The van der Waals surface area contributed by atoms with Crippen LogP contribution in [0.2, 0.25) is 0 Å². The van der Waals surface area contributed by atoms with E-state index in [2.05, 4.69) is 5.32 Å². The molecule has 1 N–H and O–H groups in total. The highest BCUT2D eigenvalue weighted by Gasteiger charge is 2.32. The molecule has 0 unspecified atom stereocenters. The zero-order chi connectivity index (χ0) is 19.2. The van der Waals surface area contributed by atoms with Crippen molar-refractivity contribution in [1.29, 1.82) is 0 Å². The smallest absolute Gasteiger partial charge is 0.243 e. The fraction of sp³-hybridized carbons (Fsp3) is 0.316. The van der Waals surface area contributed by atoms with Crippen molar-refractivity contribution in [2.75, 3.05) is 36.4 Å². The van der Waals surface area contributed by atoms with Crippen LogP contribution in [0.1, 0.15) is 18.4 Å². The minimum atomic E-state index is -3.63. The monoisotopic (exact) mass is 389 g/mol. The number of carbonyl (C=O) groups excluding carboxylic acids is 1. The van der Waals surface area contributed by atoms with Crippen molar-refractivity contribution in [1.82, 2.24) is 4.31 Å². The molecule has 2 aliphatic rings. The van der Waals surface area contributed by atoms with Crippen molar-refractivity contribution < 1.29 is 17.6 Å². The van der Waals surface area contributed by atoms with Gasteiger partial charge in [-0.1, -0.05) is 0 Å². The number of nitrogens with one attached hydrogen (secondary N) is 1. The molecule has 4 rings (SSSR count). The number of halogens is 1. The first-order valence-corrected chi connectivity index (χ1v) is 10.3. The number of sulfonamides is 1. The van der Waals surface area contributed by atoms with Crippen molar-refractivity contribution in [2.24, 2.45) is 0 Å². The molecule has 27 heavy (non-hydrogen) atoms. The van der Waals surface area contributed by atoms with E-state index in [1.165, 1.54) is 16.4 Å². The minimum absolute atomic E-state index is 0.118. The van der Waals surface area contributed by atoms with Crippen LogP contribution in [0.25, 0.3) is 0 Å². The van der Waals surface area contributed by atoms with E-state index in [-0.39, 0.29) is 22.5 Å². The molecular weight excluding hydrogens is 369 g/mol. The Morgan fingerprint density at radius 3 is 2.37 bits per heavy atom. The van der Waals surface area contributed by atoms with Gasteiger partial charge in [0.1, 0.15) is 5.82 Å². The molecule has 0 aromatic heterocycles. The number of rotatable bonds is 3. The fourth-order valence-electron chi connectivity index (χ4n) is 3.54. The topological polar surface area (TPSA) is 69.7 Å². The molecule has 1 saturated heterocycles. The Hall–Kier alpha value is -2.45. The van der Waals surface area contributed by atoms with Crippen molar-refractivity contribution in [2.45, 2.75) is 17.7 Å². The lowest BCUT2D eigenvalue weighted by atomic mass is 10.0. The second-order valence-electron chi connectivity index (χ2n) is 6.83. The van der Waals surface area contributed by atoms with Crippen molar-refractivity contribution >= 4 is 27.3 Å². The van der Waals surface area contributed by atoms with Gasteiger partial charge in [-0.15, -0.1) is 0 Å². The average molecular weight is 389 g/mol. The van der Waals surface area contributed by atoms with Gasteiger partial charge in [0, 0.05) is 37.6 Å². The summed E-state index contributed by atoms with van der Waals surface area (Å²) in [6.07, 6.45) is 0. The molecule has 0 spiro atoms. The quantitative estimate of drug-likeness (QED) is 0.875. The Morgan fingerprint density at radius 2 is 1.70 bits per heavy atom. The van der Waals surface area contributed by atoms with E-state index >= 15 is 0 Å². The predicted octanol–water partition coefficient (Wildman–Crippen LogP) is 2.39. The van der Waals surface area contributed by atoms with Crippen LogP contribution in [0.5, 0.6) is 0 Å². The van der Waals surface area contributed by atoms with E-state index in [1.54, 1.807) is 37.3 Å². The molecule has 8 heteroatoms. The summed E-state index contributed by atoms with van der Waals surface area (Å²) in [5, 5.41) is 2.75. The maximum absolute atomic E-state index is 13.1. The number of benzene rings is 2. The first kappa shape index (κ1) is 17.9. The fourth-order valence-corrected chi connectivity index (χ4v) is 5.00. The Bertz CT molecular complexity index is 984. The lowest BCUT2D eigenvalue weighted by Gasteiger charge is -2.35. The number of carbonyl (C=O) groups is 1. The van der Waals surface area contributed by atoms with Crippen LogP contribution in [-0.4, -0.2) is 44.8 Å². The van der Waals surface area contributed by atoms with Crippen molar-refractivity contribution in [3.8, 4) is 0 Å². The molecule has 2 heterocycles. The zero-order valence-corrected chi connectivity index (χ0v) is 15.7. The number of nitrogens with zero attached hydrogens (tertiary/aromatic N) is 2. The first-order chi connectivity index (χ1) is 12.9. The SMILES string of the molecule is C[C@@H]1C(=O)Nc2ccc(S(=O)(=O)N3CCN(c4ccc(F)cc4)CC3)cc21. The Morgan fingerprint density at radius 1 is 1.04 bits per heavy atom. The maximum Gasteiger partial charge on any atom is 0.243 e. The predicted molar refractivity (Wildman–Crippen MR) is 101 cm³/mol. The van der Waals surface area contributed by atoms with Gasteiger partial charge in [0.15, 0.2) is 0 Å². The summed E-state index contributed by atoms with van der Waals surface area (Å²) >= 11 is 0. The second kappa shape index (κ2) is 6.61. The van der Waals surface area contributed by atoms with E-state index < -0.39 is 10.0 Å². The summed E-state index contributed by atoms with van der Waals surface area (Å²) in [7, 11) is -3.63. The third-order valence-electron chi connectivity index (χ3n) is 5.21. The van der Waals surface area contributed by atoms with Gasteiger partial charge in [-0.3, -0.25) is 4.79 Å². The number of piperazine rings is 1. The van der Waals surface area contributed by atoms with E-state index in [0.29, 0.717) is 37.4 Å². The third-order valence-corrected chi connectivity index (χ3v) is 7.10. The van der Waals surface area contributed by atoms with Crippen LogP contribution in [-0.2, 0) is 14.8 Å². The lowest BCUT2D eigenvalue weighted by Crippen LogP contribution is -2.48. The highest BCUT2D eigenvalue weighted by molar-refractivity contribution is 7.89. The number of hydrogen-bond donors (Lipinski definition) is 1. The van der Waals surface area contributed by atoms with Crippen LogP contribution < -0.4 is 10.2 Å². The number of amides is 1. The van der Waals surface area contributed by atoms with E-state index in [1.807, 2.05) is 4.90 Å². The Labute approximate surface area is 157 Å². The van der Waals surface area contributed by atoms with Gasteiger partial charge >= 0.3 is 0 Å². The summed E-state index contributed by atoms with van der Waals surface area (Å²) in [6, 6.07) is 11.0. The highest BCUT2D eigenvalue weighted by Crippen LogP contribution is 2.34. The van der Waals surface area contributed by atoms with Gasteiger partial charge in [-0.25, -0.2) is 12.8 Å². The summed E-state index contributed by atoms with van der Waals surface area (Å²) in [5.41, 5.74) is 2.27. The Kier molecular flexibility index (Phi) is 4.39. The summed E-state index contributed by atoms with van der Waals surface area (Å²) in [5.74, 6) is -0.767. The molecule has 2 aromatic carbocycles. The number of fused-ring (bicyclic) bond motifs is 1. The van der Waals surface area contributed by atoms with Crippen LogP contribution in [0.4, 0.5) is 15.8 Å². The van der Waals surface area contributed by atoms with Crippen molar-refractivity contribution in [3.05, 3.63) is 53.8 Å². The van der Waals surface area contributed by atoms with E-state index in [0.717, 1.165) is 5.69 Å². The molecule has 0 radical (unpaired) electrons. The molecule has 2 aliphatic heterocycles. The van der Waals surface area contributed by atoms with Gasteiger partial charge in [-0.05, 0) is 55.0 Å². The van der Waals surface area contributed by atoms with Crippen LogP contribution >= 0.6 is 0 Å². The summed E-state index contributed by atoms with van der Waals surface area (Å²) < 4.78 is 40.6. The van der Waals surface area contributed by atoms with Gasteiger partial charge in [0.2, 0.25) is 15.9 Å². The molecule has 2 aromatic rings. The molecular formula is C19H20FN3O3S. The molecule has 1 atom stereocenters. The van der Waals surface area contributed by atoms with Crippen LogP contribution in [0, 0.1) is 5.82 Å². The van der Waals surface area contributed by atoms with Gasteiger partial charge in [0.25, 0.3) is 0 Å². The summed E-state index contributed by atoms with van der Waals surface area (Å²) in [6.45, 7) is 3.53. The molecule has 0 bridgehead atoms. The largest absolute Gasteiger partial charge is 0.369 e. The maximum atomic E-state index is 13.1. The van der Waals surface area contributed by atoms with E-state index in [9.17, 15) is 17.6 Å². The molecule has 0 aliphatic carbocycles. The number of hydrogen-bond acceptors (Lipinski definition) is 4. The van der Waals surface area contributed by atoms with Gasteiger partial charge < -0.3 is 10.2 Å². The lowest BCUT2D eigenvalue weighted by molar-refractivity contribution is -0.116. The second-order valence-corrected chi connectivity index (χ2v) is 8.77. The molecule has 1 amide bonds. The molecule has 142 valence electrons. The number of anilines is 2. The molecule has 1 fully saturated rings. The first-order valence-electron chi connectivity index (χ1n) is 8.82. The zero-order valence-electron chi connectivity index (χ0n) is 14.9. The van der Waals surface area contributed by atoms with Crippen molar-refractivity contribution in [3.63, 3.8) is 0 Å². The van der Waals surface area contributed by atoms with Gasteiger partial charge in [0.05, 0.1) is 10.8 Å². The molecule has 0 saturated carbocycles. The summed E-state index contributed by atoms with van der Waals surface area (Å²) in [4.78, 5) is 14.0. The molecule has 6 nitrogen and oxygen atoms in total. The minimum Gasteiger partial charge on any atom is -0.369 e. The normalized spacial score (nSPS) is 20.4. The standard InChI is InChI=1S/C19H20FN3O3S/c1-13-17-12-16(6-7-18(17)21-19(13)24)27(25,26)23-10-8-22(9-11-23)15-4-2-14(20)3-5-15/h2-7,12-13H,8-11H2,1H3,(H,21,24)/t13-/m0/s1. The third kappa shape index (κ3) is 3.19.